The van der Waals surface area contributed by atoms with Crippen LogP contribution in [-0.4, -0.2) is 23.3 Å². The summed E-state index contributed by atoms with van der Waals surface area (Å²) in [5, 5.41) is 4.73. The number of hydrogen-bond acceptors (Lipinski definition) is 6. The van der Waals surface area contributed by atoms with E-state index in [1.54, 1.807) is 24.3 Å². The molecule has 0 N–H and O–H groups in total. The molecule has 0 unspecified atom stereocenters. The lowest BCUT2D eigenvalue weighted by Gasteiger charge is -2.05. The number of carbonyl (C=O) groups excluding carboxylic acids is 2. The van der Waals surface area contributed by atoms with Crippen LogP contribution in [0.1, 0.15) is 36.9 Å². The second-order valence-electron chi connectivity index (χ2n) is 5.74. The molecule has 0 atom stereocenters. The van der Waals surface area contributed by atoms with E-state index in [0.717, 1.165) is 21.7 Å². The van der Waals surface area contributed by atoms with Crippen molar-refractivity contribution in [1.82, 2.24) is 4.98 Å². The number of aromatic nitrogens is 1. The molecule has 0 radical (unpaired) electrons. The first-order valence-electron chi connectivity index (χ1n) is 7.73. The number of carbonyl (C=O) groups is 2. The molecule has 1 aromatic carbocycles. The highest BCUT2D eigenvalue weighted by Crippen LogP contribution is 2.29. The van der Waals surface area contributed by atoms with Crippen LogP contribution in [-0.2, 0) is 4.74 Å². The van der Waals surface area contributed by atoms with Crippen LogP contribution in [0.2, 0.25) is 0 Å². The van der Waals surface area contributed by atoms with E-state index in [9.17, 15) is 9.59 Å². The van der Waals surface area contributed by atoms with Gasteiger partial charge in [0.05, 0.1) is 5.69 Å². The Morgan fingerprint density at radius 3 is 2.60 bits per heavy atom. The van der Waals surface area contributed by atoms with Gasteiger partial charge in [-0.1, -0.05) is 12.1 Å². The number of rotatable bonds is 5. The fourth-order valence-corrected chi connectivity index (χ4v) is 3.96. The molecule has 4 nitrogen and oxygen atoms in total. The Kier molecular flexibility index (Phi) is 5.11. The number of ketones is 1. The molecule has 25 heavy (non-hydrogen) atoms. The van der Waals surface area contributed by atoms with Crippen molar-refractivity contribution in [1.29, 1.82) is 0 Å². The first-order valence-corrected chi connectivity index (χ1v) is 9.49. The topological polar surface area (TPSA) is 56.3 Å². The van der Waals surface area contributed by atoms with Crippen molar-refractivity contribution in [2.24, 2.45) is 0 Å². The van der Waals surface area contributed by atoms with Crippen molar-refractivity contribution >= 4 is 34.4 Å². The smallest absolute Gasteiger partial charge is 0.350 e. The van der Waals surface area contributed by atoms with Crippen LogP contribution >= 0.6 is 22.7 Å². The van der Waals surface area contributed by atoms with Gasteiger partial charge in [-0.2, -0.15) is 11.3 Å². The monoisotopic (exact) mass is 371 g/mol. The van der Waals surface area contributed by atoms with Gasteiger partial charge in [-0.3, -0.25) is 4.79 Å². The average molecular weight is 371 g/mol. The van der Waals surface area contributed by atoms with Crippen LogP contribution in [0.3, 0.4) is 0 Å². The highest BCUT2D eigenvalue weighted by molar-refractivity contribution is 7.17. The Bertz CT molecular complexity index is 926. The molecule has 2 aromatic heterocycles. The first kappa shape index (κ1) is 17.5. The number of hydrogen-bond donors (Lipinski definition) is 0. The SMILES string of the molecule is Cc1ccc(C(=O)COC(=O)c2sc(-c3ccsc3)nc2C)cc1C. The maximum atomic E-state index is 12.3. The molecule has 0 saturated carbocycles. The van der Waals surface area contributed by atoms with Crippen molar-refractivity contribution in [2.45, 2.75) is 20.8 Å². The minimum atomic E-state index is -0.506. The summed E-state index contributed by atoms with van der Waals surface area (Å²) < 4.78 is 5.21. The van der Waals surface area contributed by atoms with Gasteiger partial charge < -0.3 is 4.74 Å². The zero-order valence-electron chi connectivity index (χ0n) is 14.2. The van der Waals surface area contributed by atoms with Gasteiger partial charge in [0.2, 0.25) is 0 Å². The van der Waals surface area contributed by atoms with Crippen LogP contribution in [0.25, 0.3) is 10.6 Å². The van der Waals surface area contributed by atoms with Crippen LogP contribution in [0.4, 0.5) is 0 Å². The van der Waals surface area contributed by atoms with E-state index in [-0.39, 0.29) is 12.4 Å². The Balaban J connectivity index is 1.68. The predicted octanol–water partition coefficient (Wildman–Crippen LogP) is 4.84. The van der Waals surface area contributed by atoms with Gasteiger partial charge in [0, 0.05) is 16.5 Å². The molecule has 0 aliphatic rings. The molecule has 3 rings (SSSR count). The van der Waals surface area contributed by atoms with Crippen molar-refractivity contribution in [3.8, 4) is 10.6 Å². The normalized spacial score (nSPS) is 10.7. The number of thiophene rings is 1. The number of thiazole rings is 1. The molecular formula is C19H17NO3S2. The first-order chi connectivity index (χ1) is 12.0. The molecule has 0 saturated heterocycles. The van der Waals surface area contributed by atoms with Gasteiger partial charge >= 0.3 is 5.97 Å². The summed E-state index contributed by atoms with van der Waals surface area (Å²) in [4.78, 5) is 29.4. The predicted molar refractivity (Wildman–Crippen MR) is 101 cm³/mol. The van der Waals surface area contributed by atoms with Crippen molar-refractivity contribution in [3.63, 3.8) is 0 Å². The fraction of sp³-hybridized carbons (Fsp3) is 0.211. The highest BCUT2D eigenvalue weighted by Gasteiger charge is 2.19. The Morgan fingerprint density at radius 2 is 1.92 bits per heavy atom. The zero-order chi connectivity index (χ0) is 18.0. The largest absolute Gasteiger partial charge is 0.453 e. The second kappa shape index (κ2) is 7.29. The summed E-state index contributed by atoms with van der Waals surface area (Å²) in [5.74, 6) is -0.717. The van der Waals surface area contributed by atoms with Crippen LogP contribution in [0.15, 0.2) is 35.0 Å². The Labute approximate surface area is 154 Å². The molecule has 3 aromatic rings. The lowest BCUT2D eigenvalue weighted by molar-refractivity contribution is 0.0478. The van der Waals surface area contributed by atoms with E-state index in [4.69, 9.17) is 4.74 Å². The summed E-state index contributed by atoms with van der Waals surface area (Å²) in [6, 6.07) is 7.43. The third-order valence-electron chi connectivity index (χ3n) is 3.91. The van der Waals surface area contributed by atoms with Crippen molar-refractivity contribution in [2.75, 3.05) is 6.61 Å². The van der Waals surface area contributed by atoms with Gasteiger partial charge in [0.1, 0.15) is 9.88 Å². The van der Waals surface area contributed by atoms with Gasteiger partial charge in [0.25, 0.3) is 0 Å². The number of ether oxygens (including phenoxy) is 1. The molecule has 0 amide bonds. The maximum absolute atomic E-state index is 12.3. The molecular weight excluding hydrogens is 354 g/mol. The molecule has 0 fully saturated rings. The third kappa shape index (κ3) is 3.86. The molecule has 128 valence electrons. The number of nitrogens with zero attached hydrogens (tertiary/aromatic N) is 1. The molecule has 6 heteroatoms. The van der Waals surface area contributed by atoms with E-state index in [2.05, 4.69) is 4.98 Å². The number of esters is 1. The second-order valence-corrected chi connectivity index (χ2v) is 7.52. The minimum Gasteiger partial charge on any atom is -0.453 e. The number of benzene rings is 1. The summed E-state index contributed by atoms with van der Waals surface area (Å²) in [5.41, 5.74) is 4.32. The van der Waals surface area contributed by atoms with Gasteiger partial charge in [-0.25, -0.2) is 9.78 Å². The molecule has 2 heterocycles. The van der Waals surface area contributed by atoms with Crippen LogP contribution < -0.4 is 0 Å². The van der Waals surface area contributed by atoms with Crippen LogP contribution in [0.5, 0.6) is 0 Å². The standard InChI is InChI=1S/C19H17NO3S2/c1-11-4-5-14(8-12(11)2)16(21)9-23-19(22)17-13(3)20-18(25-17)15-6-7-24-10-15/h4-8,10H,9H2,1-3H3. The third-order valence-corrected chi connectivity index (χ3v) is 5.78. The Hall–Kier alpha value is -2.31. The van der Waals surface area contributed by atoms with Crippen molar-refractivity contribution in [3.05, 3.63) is 62.3 Å². The fourth-order valence-electron chi connectivity index (χ4n) is 2.29. The van der Waals surface area contributed by atoms with E-state index in [0.29, 0.717) is 16.1 Å². The van der Waals surface area contributed by atoms with E-state index in [1.807, 2.05) is 42.8 Å². The summed E-state index contributed by atoms with van der Waals surface area (Å²) in [6.45, 7) is 5.44. The van der Waals surface area contributed by atoms with E-state index < -0.39 is 5.97 Å². The molecule has 0 bridgehead atoms. The summed E-state index contributed by atoms with van der Waals surface area (Å²) >= 11 is 2.86. The zero-order valence-corrected chi connectivity index (χ0v) is 15.8. The molecule has 0 aliphatic carbocycles. The van der Waals surface area contributed by atoms with Gasteiger partial charge in [-0.15, -0.1) is 11.3 Å². The van der Waals surface area contributed by atoms with Gasteiger partial charge in [0.15, 0.2) is 12.4 Å². The summed E-state index contributed by atoms with van der Waals surface area (Å²) in [6.07, 6.45) is 0. The van der Waals surface area contributed by atoms with E-state index in [1.165, 1.54) is 11.3 Å². The molecule has 0 spiro atoms. The quantitative estimate of drug-likeness (QED) is 0.476. The van der Waals surface area contributed by atoms with Crippen molar-refractivity contribution < 1.29 is 14.3 Å². The lowest BCUT2D eigenvalue weighted by Crippen LogP contribution is -2.14. The van der Waals surface area contributed by atoms with Gasteiger partial charge in [-0.05, 0) is 49.4 Å². The maximum Gasteiger partial charge on any atom is 0.350 e. The summed E-state index contributed by atoms with van der Waals surface area (Å²) in [7, 11) is 0. The van der Waals surface area contributed by atoms with Crippen LogP contribution in [0, 0.1) is 20.8 Å². The average Bonchev–Trinajstić information content (AvgIpc) is 3.24. The van der Waals surface area contributed by atoms with E-state index >= 15 is 0 Å². The lowest BCUT2D eigenvalue weighted by atomic mass is 10.0. The number of aryl methyl sites for hydroxylation is 3. The molecule has 0 aliphatic heterocycles. The Morgan fingerprint density at radius 1 is 1.12 bits per heavy atom. The highest BCUT2D eigenvalue weighted by atomic mass is 32.1. The number of Topliss-reactive ketones (excluding diaryl/α,β-unsaturated/α-hetero) is 1. The minimum absolute atomic E-state index is 0.211.